The van der Waals surface area contributed by atoms with Gasteiger partial charge in [0.1, 0.15) is 5.82 Å². The van der Waals surface area contributed by atoms with Crippen molar-refractivity contribution in [3.63, 3.8) is 0 Å². The molecule has 0 radical (unpaired) electrons. The van der Waals surface area contributed by atoms with Crippen LogP contribution in [0.25, 0.3) is 0 Å². The molecule has 1 heterocycles. The third-order valence-electron chi connectivity index (χ3n) is 4.60. The van der Waals surface area contributed by atoms with Crippen LogP contribution < -0.4 is 5.32 Å². The van der Waals surface area contributed by atoms with Gasteiger partial charge in [-0.05, 0) is 63.4 Å². The number of rotatable bonds is 6. The van der Waals surface area contributed by atoms with Gasteiger partial charge in [-0.15, -0.1) is 0 Å². The van der Waals surface area contributed by atoms with Crippen molar-refractivity contribution in [2.45, 2.75) is 58.5 Å². The molecule has 0 saturated carbocycles. The third-order valence-corrected chi connectivity index (χ3v) is 4.60. The maximum absolute atomic E-state index is 13.8. The molecule has 21 heavy (non-hydrogen) atoms. The standard InChI is InChI=1S/C18H29FN2/c1-4-11-21(13-17-7-5-6-10-20-17)15(3)16-9-8-14(2)18(19)12-16/h8-9,12,15,17,20H,4-7,10-11,13H2,1-3H3. The molecular weight excluding hydrogens is 263 g/mol. The molecule has 0 bridgehead atoms. The van der Waals surface area contributed by atoms with Gasteiger partial charge in [0.2, 0.25) is 0 Å². The highest BCUT2D eigenvalue weighted by Crippen LogP contribution is 2.23. The summed E-state index contributed by atoms with van der Waals surface area (Å²) in [6.45, 7) is 9.49. The third kappa shape index (κ3) is 4.52. The first-order chi connectivity index (χ1) is 10.1. The van der Waals surface area contributed by atoms with Crippen LogP contribution in [0.5, 0.6) is 0 Å². The minimum Gasteiger partial charge on any atom is -0.313 e. The van der Waals surface area contributed by atoms with Gasteiger partial charge in [-0.25, -0.2) is 4.39 Å². The van der Waals surface area contributed by atoms with Gasteiger partial charge in [0.05, 0.1) is 0 Å². The van der Waals surface area contributed by atoms with Crippen LogP contribution in [0.15, 0.2) is 18.2 Å². The number of piperidine rings is 1. The first kappa shape index (κ1) is 16.4. The molecule has 118 valence electrons. The fourth-order valence-corrected chi connectivity index (χ4v) is 3.17. The van der Waals surface area contributed by atoms with Crippen molar-refractivity contribution in [3.05, 3.63) is 35.1 Å². The predicted molar refractivity (Wildman–Crippen MR) is 87.1 cm³/mol. The molecule has 2 rings (SSSR count). The quantitative estimate of drug-likeness (QED) is 0.851. The van der Waals surface area contributed by atoms with E-state index in [0.717, 1.165) is 37.2 Å². The summed E-state index contributed by atoms with van der Waals surface area (Å²) in [5.74, 6) is -0.0911. The van der Waals surface area contributed by atoms with E-state index in [1.165, 1.54) is 19.3 Å². The highest BCUT2D eigenvalue weighted by molar-refractivity contribution is 5.25. The van der Waals surface area contributed by atoms with E-state index < -0.39 is 0 Å². The van der Waals surface area contributed by atoms with Crippen molar-refractivity contribution in [1.82, 2.24) is 10.2 Å². The highest BCUT2D eigenvalue weighted by Gasteiger charge is 2.21. The summed E-state index contributed by atoms with van der Waals surface area (Å²) < 4.78 is 13.8. The molecule has 1 fully saturated rings. The molecular formula is C18H29FN2. The molecule has 0 amide bonds. The second kappa shape index (κ2) is 7.90. The Labute approximate surface area is 128 Å². The molecule has 1 N–H and O–H groups in total. The van der Waals surface area contributed by atoms with Gasteiger partial charge in [-0.3, -0.25) is 4.90 Å². The monoisotopic (exact) mass is 292 g/mol. The number of nitrogens with zero attached hydrogens (tertiary/aromatic N) is 1. The van der Waals surface area contributed by atoms with Gasteiger partial charge in [-0.1, -0.05) is 25.5 Å². The highest BCUT2D eigenvalue weighted by atomic mass is 19.1. The second-order valence-corrected chi connectivity index (χ2v) is 6.33. The van der Waals surface area contributed by atoms with Crippen LogP contribution in [0.3, 0.4) is 0 Å². The van der Waals surface area contributed by atoms with Crippen molar-refractivity contribution in [3.8, 4) is 0 Å². The number of hydrogen-bond acceptors (Lipinski definition) is 2. The van der Waals surface area contributed by atoms with Crippen LogP contribution in [0.2, 0.25) is 0 Å². The first-order valence-electron chi connectivity index (χ1n) is 8.35. The van der Waals surface area contributed by atoms with Gasteiger partial charge in [0.15, 0.2) is 0 Å². The summed E-state index contributed by atoms with van der Waals surface area (Å²) in [4.78, 5) is 2.49. The molecule has 1 aromatic carbocycles. The Hall–Kier alpha value is -0.930. The molecule has 1 aliphatic heterocycles. The number of halogens is 1. The molecule has 1 aromatic rings. The molecule has 0 aliphatic carbocycles. The van der Waals surface area contributed by atoms with Gasteiger partial charge in [-0.2, -0.15) is 0 Å². The topological polar surface area (TPSA) is 15.3 Å². The van der Waals surface area contributed by atoms with Crippen molar-refractivity contribution in [2.24, 2.45) is 0 Å². The Kier molecular flexibility index (Phi) is 6.19. The van der Waals surface area contributed by atoms with E-state index in [-0.39, 0.29) is 11.9 Å². The summed E-state index contributed by atoms with van der Waals surface area (Å²) >= 11 is 0. The first-order valence-corrected chi connectivity index (χ1v) is 8.35. The Morgan fingerprint density at radius 2 is 2.19 bits per heavy atom. The van der Waals surface area contributed by atoms with E-state index in [4.69, 9.17) is 0 Å². The van der Waals surface area contributed by atoms with Crippen molar-refractivity contribution < 1.29 is 4.39 Å². The maximum atomic E-state index is 13.8. The van der Waals surface area contributed by atoms with Gasteiger partial charge >= 0.3 is 0 Å². The van der Waals surface area contributed by atoms with Crippen LogP contribution >= 0.6 is 0 Å². The van der Waals surface area contributed by atoms with E-state index in [9.17, 15) is 4.39 Å². The van der Waals surface area contributed by atoms with Crippen LogP contribution in [0.4, 0.5) is 4.39 Å². The molecule has 1 aliphatic rings. The lowest BCUT2D eigenvalue weighted by atomic mass is 10.0. The van der Waals surface area contributed by atoms with E-state index in [0.29, 0.717) is 6.04 Å². The SMILES string of the molecule is CCCN(CC1CCCCN1)C(C)c1ccc(C)c(F)c1. The smallest absolute Gasteiger partial charge is 0.126 e. The lowest BCUT2D eigenvalue weighted by molar-refractivity contribution is 0.176. The summed E-state index contributed by atoms with van der Waals surface area (Å²) in [7, 11) is 0. The molecule has 0 spiro atoms. The summed E-state index contributed by atoms with van der Waals surface area (Å²) in [5, 5.41) is 3.62. The molecule has 0 aromatic heterocycles. The zero-order valence-electron chi connectivity index (χ0n) is 13.7. The molecule has 2 nitrogen and oxygen atoms in total. The molecule has 2 atom stereocenters. The summed E-state index contributed by atoms with van der Waals surface area (Å²) in [6, 6.07) is 6.52. The maximum Gasteiger partial charge on any atom is 0.126 e. The average Bonchev–Trinajstić information content (AvgIpc) is 2.50. The molecule has 3 heteroatoms. The largest absolute Gasteiger partial charge is 0.313 e. The van der Waals surface area contributed by atoms with Gasteiger partial charge < -0.3 is 5.32 Å². The fourth-order valence-electron chi connectivity index (χ4n) is 3.17. The zero-order chi connectivity index (χ0) is 15.2. The minimum atomic E-state index is -0.0911. The number of benzene rings is 1. The van der Waals surface area contributed by atoms with Crippen molar-refractivity contribution in [2.75, 3.05) is 19.6 Å². The number of hydrogen-bond donors (Lipinski definition) is 1. The van der Waals surface area contributed by atoms with Crippen LogP contribution in [-0.2, 0) is 0 Å². The number of aryl methyl sites for hydroxylation is 1. The lowest BCUT2D eigenvalue weighted by Crippen LogP contribution is -2.44. The molecule has 1 saturated heterocycles. The van der Waals surface area contributed by atoms with Crippen molar-refractivity contribution in [1.29, 1.82) is 0 Å². The number of nitrogens with one attached hydrogen (secondary N) is 1. The van der Waals surface area contributed by atoms with Crippen LogP contribution in [0.1, 0.15) is 56.7 Å². The average molecular weight is 292 g/mol. The van der Waals surface area contributed by atoms with E-state index >= 15 is 0 Å². The Morgan fingerprint density at radius 1 is 1.38 bits per heavy atom. The van der Waals surface area contributed by atoms with E-state index in [2.05, 4.69) is 30.1 Å². The second-order valence-electron chi connectivity index (χ2n) is 6.33. The van der Waals surface area contributed by atoms with Gasteiger partial charge in [0.25, 0.3) is 0 Å². The fraction of sp³-hybridized carbons (Fsp3) is 0.667. The normalized spacial score (nSPS) is 20.7. The zero-order valence-corrected chi connectivity index (χ0v) is 13.7. The van der Waals surface area contributed by atoms with Crippen molar-refractivity contribution >= 4 is 0 Å². The lowest BCUT2D eigenvalue weighted by Gasteiger charge is -2.34. The van der Waals surface area contributed by atoms with Gasteiger partial charge in [0, 0.05) is 18.6 Å². The Bertz CT molecular complexity index is 441. The van der Waals surface area contributed by atoms with Crippen LogP contribution in [0, 0.1) is 12.7 Å². The van der Waals surface area contributed by atoms with Crippen LogP contribution in [-0.4, -0.2) is 30.6 Å². The predicted octanol–water partition coefficient (Wildman–Crippen LogP) is 4.05. The Balaban J connectivity index is 2.06. The Morgan fingerprint density at radius 3 is 2.81 bits per heavy atom. The molecule has 2 unspecified atom stereocenters. The van der Waals surface area contributed by atoms with E-state index in [1.54, 1.807) is 6.07 Å². The minimum absolute atomic E-state index is 0.0911. The summed E-state index contributed by atoms with van der Waals surface area (Å²) in [6.07, 6.45) is 5.01. The van der Waals surface area contributed by atoms with E-state index in [1.807, 2.05) is 13.0 Å². The summed E-state index contributed by atoms with van der Waals surface area (Å²) in [5.41, 5.74) is 1.81.